The van der Waals surface area contributed by atoms with Crippen LogP contribution in [0.1, 0.15) is 18.4 Å². The van der Waals surface area contributed by atoms with Crippen LogP contribution in [0.2, 0.25) is 0 Å². The van der Waals surface area contributed by atoms with Crippen molar-refractivity contribution in [1.82, 2.24) is 4.90 Å². The molecule has 0 aliphatic carbocycles. The van der Waals surface area contributed by atoms with E-state index in [0.717, 1.165) is 23.9 Å². The van der Waals surface area contributed by atoms with Gasteiger partial charge >= 0.3 is 5.97 Å². The number of thiocarbonyl (C=S) groups is 1. The molecule has 3 rings (SSSR count). The van der Waals surface area contributed by atoms with Crippen molar-refractivity contribution in [3.63, 3.8) is 0 Å². The number of benzene rings is 2. The van der Waals surface area contributed by atoms with E-state index in [4.69, 9.17) is 22.1 Å². The predicted octanol–water partition coefficient (Wildman–Crippen LogP) is 4.82. The van der Waals surface area contributed by atoms with Crippen molar-refractivity contribution in [3.8, 4) is 11.5 Å². The van der Waals surface area contributed by atoms with E-state index in [9.17, 15) is 18.4 Å². The monoisotopic (exact) mass is 435 g/mol. The lowest BCUT2D eigenvalue weighted by Gasteiger charge is -2.13. The third-order valence-corrected chi connectivity index (χ3v) is 5.35. The van der Waals surface area contributed by atoms with Crippen molar-refractivity contribution in [2.75, 3.05) is 6.54 Å². The molecule has 1 N–H and O–H groups in total. The van der Waals surface area contributed by atoms with Gasteiger partial charge in [-0.3, -0.25) is 14.5 Å². The Labute approximate surface area is 175 Å². The van der Waals surface area contributed by atoms with Crippen molar-refractivity contribution >= 4 is 46.3 Å². The molecule has 150 valence electrons. The molecule has 1 saturated heterocycles. The summed E-state index contributed by atoms with van der Waals surface area (Å²) in [6.45, 7) is 0.224. The number of halogens is 2. The van der Waals surface area contributed by atoms with Crippen molar-refractivity contribution < 1.29 is 28.2 Å². The molecule has 2 aromatic carbocycles. The molecule has 29 heavy (non-hydrogen) atoms. The number of hydrogen-bond donors (Lipinski definition) is 1. The summed E-state index contributed by atoms with van der Waals surface area (Å²) in [6.07, 6.45) is 1.84. The first kappa shape index (κ1) is 20.9. The summed E-state index contributed by atoms with van der Waals surface area (Å²) in [7, 11) is 0. The van der Waals surface area contributed by atoms with E-state index in [-0.39, 0.29) is 24.6 Å². The summed E-state index contributed by atoms with van der Waals surface area (Å²) in [4.78, 5) is 25.0. The number of carbonyl (C=O) groups excluding carboxylic acids is 1. The minimum absolute atomic E-state index is 0.0546. The molecule has 1 aliphatic heterocycles. The second-order valence-corrected chi connectivity index (χ2v) is 7.72. The van der Waals surface area contributed by atoms with Crippen LogP contribution in [0.25, 0.3) is 6.08 Å². The van der Waals surface area contributed by atoms with Gasteiger partial charge in [-0.1, -0.05) is 42.2 Å². The predicted molar refractivity (Wildman–Crippen MR) is 110 cm³/mol. The topological polar surface area (TPSA) is 66.8 Å². The van der Waals surface area contributed by atoms with E-state index in [1.807, 2.05) is 0 Å². The molecule has 0 bridgehead atoms. The van der Waals surface area contributed by atoms with Crippen LogP contribution < -0.4 is 4.74 Å². The van der Waals surface area contributed by atoms with Gasteiger partial charge in [-0.2, -0.15) is 0 Å². The Balaban J connectivity index is 1.80. The molecular formula is C20H15F2NO4S2. The number of rotatable bonds is 7. The van der Waals surface area contributed by atoms with E-state index in [1.54, 1.807) is 30.3 Å². The summed E-state index contributed by atoms with van der Waals surface area (Å²) in [5.41, 5.74) is 0.559. The maximum atomic E-state index is 13.4. The van der Waals surface area contributed by atoms with Crippen LogP contribution in [0.3, 0.4) is 0 Å². The molecular weight excluding hydrogens is 420 g/mol. The zero-order valence-electron chi connectivity index (χ0n) is 14.9. The number of carbonyl (C=O) groups is 2. The minimum Gasteiger partial charge on any atom is -0.481 e. The molecule has 5 nitrogen and oxygen atoms in total. The molecule has 1 fully saturated rings. The summed E-state index contributed by atoms with van der Waals surface area (Å²) in [5.74, 6) is -2.78. The largest absolute Gasteiger partial charge is 0.481 e. The molecule has 0 spiro atoms. The lowest BCUT2D eigenvalue weighted by Crippen LogP contribution is -2.29. The Kier molecular flexibility index (Phi) is 6.60. The highest BCUT2D eigenvalue weighted by Crippen LogP contribution is 2.35. The van der Waals surface area contributed by atoms with Crippen molar-refractivity contribution in [2.24, 2.45) is 0 Å². The van der Waals surface area contributed by atoms with Crippen molar-refractivity contribution in [1.29, 1.82) is 0 Å². The maximum Gasteiger partial charge on any atom is 0.303 e. The Morgan fingerprint density at radius 1 is 1.21 bits per heavy atom. The number of carboxylic acids is 1. The quantitative estimate of drug-likeness (QED) is 0.497. The minimum atomic E-state index is -1.03. The van der Waals surface area contributed by atoms with Gasteiger partial charge in [0.1, 0.15) is 15.8 Å². The SMILES string of the molecule is O=C(O)CCCN1C(=O)/C(=C/c2ccccc2Oc2ccc(F)c(F)c2)SC1=S. The summed E-state index contributed by atoms with van der Waals surface area (Å²) < 4.78 is 32.5. The van der Waals surface area contributed by atoms with Gasteiger partial charge in [-0.25, -0.2) is 8.78 Å². The first-order chi connectivity index (χ1) is 13.8. The first-order valence-electron chi connectivity index (χ1n) is 8.54. The zero-order chi connectivity index (χ0) is 21.0. The second-order valence-electron chi connectivity index (χ2n) is 6.05. The van der Waals surface area contributed by atoms with Gasteiger partial charge in [-0.05, 0) is 30.7 Å². The molecule has 0 saturated carbocycles. The number of aliphatic carboxylic acids is 1. The summed E-state index contributed by atoms with van der Waals surface area (Å²) >= 11 is 6.34. The van der Waals surface area contributed by atoms with Gasteiger partial charge in [0.25, 0.3) is 5.91 Å². The van der Waals surface area contributed by atoms with Crippen LogP contribution in [0.5, 0.6) is 11.5 Å². The van der Waals surface area contributed by atoms with Gasteiger partial charge in [-0.15, -0.1) is 0 Å². The van der Waals surface area contributed by atoms with Crippen molar-refractivity contribution in [3.05, 3.63) is 64.6 Å². The average molecular weight is 435 g/mol. The molecule has 1 aliphatic rings. The fraction of sp³-hybridized carbons (Fsp3) is 0.150. The molecule has 2 aromatic rings. The molecule has 1 amide bonds. The lowest BCUT2D eigenvalue weighted by molar-refractivity contribution is -0.137. The highest BCUT2D eigenvalue weighted by Gasteiger charge is 2.31. The van der Waals surface area contributed by atoms with Crippen molar-refractivity contribution in [2.45, 2.75) is 12.8 Å². The van der Waals surface area contributed by atoms with Crippen LogP contribution in [0, 0.1) is 11.6 Å². The molecule has 1 heterocycles. The molecule has 9 heteroatoms. The van der Waals surface area contributed by atoms with E-state index in [2.05, 4.69) is 0 Å². The normalized spacial score (nSPS) is 15.2. The highest BCUT2D eigenvalue weighted by atomic mass is 32.2. The Morgan fingerprint density at radius 2 is 1.97 bits per heavy atom. The van der Waals surface area contributed by atoms with Gasteiger partial charge in [0.2, 0.25) is 0 Å². The third-order valence-electron chi connectivity index (χ3n) is 3.97. The second kappa shape index (κ2) is 9.15. The van der Waals surface area contributed by atoms with Crippen LogP contribution in [0.4, 0.5) is 8.78 Å². The number of ether oxygens (including phenoxy) is 1. The van der Waals surface area contributed by atoms with Gasteiger partial charge in [0.05, 0.1) is 4.91 Å². The van der Waals surface area contributed by atoms with Crippen LogP contribution >= 0.6 is 24.0 Å². The summed E-state index contributed by atoms with van der Waals surface area (Å²) in [6, 6.07) is 10.0. The smallest absolute Gasteiger partial charge is 0.303 e. The maximum absolute atomic E-state index is 13.4. The number of thioether (sulfide) groups is 1. The summed E-state index contributed by atoms with van der Waals surface area (Å²) in [5, 5.41) is 8.74. The molecule has 0 atom stereocenters. The number of nitrogens with zero attached hydrogens (tertiary/aromatic N) is 1. The highest BCUT2D eigenvalue weighted by molar-refractivity contribution is 8.26. The van der Waals surface area contributed by atoms with E-state index in [1.165, 1.54) is 11.0 Å². The fourth-order valence-electron chi connectivity index (χ4n) is 2.58. The van der Waals surface area contributed by atoms with Gasteiger partial charge in [0.15, 0.2) is 11.6 Å². The Hall–Kier alpha value is -2.78. The molecule has 0 radical (unpaired) electrons. The number of carboxylic acid groups (broad SMARTS) is 1. The number of hydrogen-bond acceptors (Lipinski definition) is 5. The van der Waals surface area contributed by atoms with Crippen LogP contribution in [-0.2, 0) is 9.59 Å². The van der Waals surface area contributed by atoms with E-state index >= 15 is 0 Å². The van der Waals surface area contributed by atoms with Gasteiger partial charge < -0.3 is 9.84 Å². The van der Waals surface area contributed by atoms with E-state index in [0.29, 0.717) is 27.0 Å². The fourth-order valence-corrected chi connectivity index (χ4v) is 3.88. The lowest BCUT2D eigenvalue weighted by atomic mass is 10.1. The number of para-hydroxylation sites is 1. The Morgan fingerprint density at radius 3 is 2.69 bits per heavy atom. The van der Waals surface area contributed by atoms with Crippen LogP contribution in [0.15, 0.2) is 47.4 Å². The standard InChI is InChI=1S/C20H15F2NO4S2/c21-14-8-7-13(11-15(14)22)27-16-5-2-1-4-12(16)10-17-19(26)23(20(28)29-17)9-3-6-18(24)25/h1-2,4-5,7-8,10-11H,3,6,9H2,(H,24,25)/b17-10-. The average Bonchev–Trinajstić information content (AvgIpc) is 2.93. The first-order valence-corrected chi connectivity index (χ1v) is 9.76. The molecule has 0 aromatic heterocycles. The zero-order valence-corrected chi connectivity index (χ0v) is 16.6. The molecule has 0 unspecified atom stereocenters. The van der Waals surface area contributed by atoms with E-state index < -0.39 is 17.6 Å². The van der Waals surface area contributed by atoms with Gasteiger partial charge in [0, 0.05) is 24.6 Å². The third kappa shape index (κ3) is 5.18. The van der Waals surface area contributed by atoms with Crippen LogP contribution in [-0.4, -0.2) is 32.7 Å². The Bertz CT molecular complexity index is 1010. The number of amides is 1.